The van der Waals surface area contributed by atoms with Crippen LogP contribution in [-0.2, 0) is 22.9 Å². The van der Waals surface area contributed by atoms with E-state index in [1.165, 1.54) is 13.4 Å². The van der Waals surface area contributed by atoms with Crippen LogP contribution in [-0.4, -0.2) is 37.5 Å². The van der Waals surface area contributed by atoms with E-state index >= 15 is 0 Å². The first-order valence-corrected chi connectivity index (χ1v) is 9.99. The first-order valence-electron chi connectivity index (χ1n) is 7.93. The minimum atomic E-state index is -3.22. The molecule has 0 saturated heterocycles. The normalized spacial score (nSPS) is 15.8. The van der Waals surface area contributed by atoms with Crippen LogP contribution in [0.2, 0.25) is 0 Å². The number of ether oxygens (including phenoxy) is 1. The first-order chi connectivity index (χ1) is 11.8. The van der Waals surface area contributed by atoms with E-state index in [9.17, 15) is 13.5 Å². The van der Waals surface area contributed by atoms with Gasteiger partial charge in [0.05, 0.1) is 12.9 Å². The summed E-state index contributed by atoms with van der Waals surface area (Å²) in [7, 11) is -1.75. The molecule has 3 N–H and O–H groups in total. The maximum atomic E-state index is 12.0. The van der Waals surface area contributed by atoms with Gasteiger partial charge in [0.15, 0.2) is 11.5 Å². The Balaban J connectivity index is 1.97. The zero-order valence-electron chi connectivity index (χ0n) is 14.3. The lowest BCUT2D eigenvalue weighted by Gasteiger charge is -2.27. The molecule has 1 heterocycles. The lowest BCUT2D eigenvalue weighted by atomic mass is 10.1. The Labute approximate surface area is 147 Å². The summed E-state index contributed by atoms with van der Waals surface area (Å²) in [5.74, 6) is 0.317. The van der Waals surface area contributed by atoms with Gasteiger partial charge in [-0.25, -0.2) is 8.42 Å². The third-order valence-electron chi connectivity index (χ3n) is 4.53. The second-order valence-corrected chi connectivity index (χ2v) is 8.61. The van der Waals surface area contributed by atoms with Crippen LogP contribution in [0.5, 0.6) is 11.5 Å². The summed E-state index contributed by atoms with van der Waals surface area (Å²) in [6.45, 7) is 1.20. The van der Waals surface area contributed by atoms with Crippen molar-refractivity contribution in [2.75, 3.05) is 24.9 Å². The smallest absolute Gasteiger partial charge is 0.160 e. The number of phenols is 1. The van der Waals surface area contributed by atoms with Gasteiger partial charge >= 0.3 is 0 Å². The van der Waals surface area contributed by atoms with Gasteiger partial charge in [-0.1, -0.05) is 18.2 Å². The number of sulfone groups is 1. The molecule has 1 aliphatic rings. The summed E-state index contributed by atoms with van der Waals surface area (Å²) in [5, 5.41) is 10.1. The summed E-state index contributed by atoms with van der Waals surface area (Å²) in [6, 6.07) is 10.4. The third kappa shape index (κ3) is 3.72. The highest BCUT2D eigenvalue weighted by molar-refractivity contribution is 7.90. The SMILES string of the molecule is COc1ccc(C(CS(C)(=O)=O)N2Cc3cccc(N)c3C2)cc1O. The van der Waals surface area contributed by atoms with Gasteiger partial charge in [-0.05, 0) is 34.9 Å². The number of aromatic hydroxyl groups is 1. The van der Waals surface area contributed by atoms with E-state index in [1.54, 1.807) is 18.2 Å². The summed E-state index contributed by atoms with van der Waals surface area (Å²) < 4.78 is 29.0. The molecule has 0 spiro atoms. The van der Waals surface area contributed by atoms with Crippen molar-refractivity contribution in [1.29, 1.82) is 0 Å². The highest BCUT2D eigenvalue weighted by Crippen LogP contribution is 2.37. The molecule has 0 saturated carbocycles. The first kappa shape index (κ1) is 17.6. The molecule has 0 amide bonds. The Morgan fingerprint density at radius 1 is 1.28 bits per heavy atom. The number of nitrogens with two attached hydrogens (primary N) is 1. The molecule has 7 heteroatoms. The van der Waals surface area contributed by atoms with Crippen LogP contribution in [0.4, 0.5) is 5.69 Å². The second kappa shape index (κ2) is 6.57. The minimum absolute atomic E-state index is 0.00488. The van der Waals surface area contributed by atoms with Crippen molar-refractivity contribution in [3.05, 3.63) is 53.1 Å². The molecule has 0 fully saturated rings. The maximum absolute atomic E-state index is 12.0. The lowest BCUT2D eigenvalue weighted by molar-refractivity contribution is 0.216. The van der Waals surface area contributed by atoms with Crippen molar-refractivity contribution in [3.8, 4) is 11.5 Å². The van der Waals surface area contributed by atoms with Gasteiger partial charge in [0.2, 0.25) is 0 Å². The molecule has 1 atom stereocenters. The Hall–Kier alpha value is -2.25. The van der Waals surface area contributed by atoms with Crippen molar-refractivity contribution in [2.45, 2.75) is 19.1 Å². The monoisotopic (exact) mass is 362 g/mol. The van der Waals surface area contributed by atoms with Crippen LogP contribution in [0, 0.1) is 0 Å². The van der Waals surface area contributed by atoms with Crippen LogP contribution >= 0.6 is 0 Å². The largest absolute Gasteiger partial charge is 0.504 e. The molecule has 2 aromatic carbocycles. The summed E-state index contributed by atoms with van der Waals surface area (Å²) in [5.41, 5.74) is 9.66. The minimum Gasteiger partial charge on any atom is -0.504 e. The molecule has 0 aromatic heterocycles. The number of hydrogen-bond acceptors (Lipinski definition) is 6. The average molecular weight is 362 g/mol. The molecule has 0 aliphatic carbocycles. The Morgan fingerprint density at radius 2 is 2.04 bits per heavy atom. The number of fused-ring (bicyclic) bond motifs is 1. The fourth-order valence-corrected chi connectivity index (χ4v) is 4.28. The van der Waals surface area contributed by atoms with Crippen LogP contribution in [0.1, 0.15) is 22.7 Å². The number of nitrogens with zero attached hydrogens (tertiary/aromatic N) is 1. The zero-order chi connectivity index (χ0) is 18.2. The Bertz CT molecular complexity index is 896. The van der Waals surface area contributed by atoms with E-state index in [-0.39, 0.29) is 17.5 Å². The van der Waals surface area contributed by atoms with Crippen LogP contribution < -0.4 is 10.5 Å². The van der Waals surface area contributed by atoms with Crippen molar-refractivity contribution in [2.24, 2.45) is 0 Å². The highest BCUT2D eigenvalue weighted by atomic mass is 32.2. The van der Waals surface area contributed by atoms with E-state index in [0.29, 0.717) is 18.8 Å². The molecule has 1 unspecified atom stereocenters. The summed E-state index contributed by atoms with van der Waals surface area (Å²) in [4.78, 5) is 2.07. The number of phenolic OH excluding ortho intramolecular Hbond substituents is 1. The highest BCUT2D eigenvalue weighted by Gasteiger charge is 2.30. The van der Waals surface area contributed by atoms with Gasteiger partial charge in [-0.2, -0.15) is 0 Å². The molecule has 1 aliphatic heterocycles. The van der Waals surface area contributed by atoms with Gasteiger partial charge < -0.3 is 15.6 Å². The third-order valence-corrected chi connectivity index (χ3v) is 5.45. The number of nitrogen functional groups attached to an aromatic ring is 1. The van der Waals surface area contributed by atoms with Gasteiger partial charge in [-0.15, -0.1) is 0 Å². The number of methoxy groups -OCH3 is 1. The van der Waals surface area contributed by atoms with Crippen LogP contribution in [0.3, 0.4) is 0 Å². The van der Waals surface area contributed by atoms with Crippen molar-refractivity contribution in [3.63, 3.8) is 0 Å². The Kier molecular flexibility index (Phi) is 4.62. The molecule has 0 bridgehead atoms. The zero-order valence-corrected chi connectivity index (χ0v) is 15.1. The quantitative estimate of drug-likeness (QED) is 0.791. The predicted octanol–water partition coefficient (Wildman–Crippen LogP) is 2.08. The van der Waals surface area contributed by atoms with Gasteiger partial charge in [0, 0.05) is 31.1 Å². The molecule has 134 valence electrons. The predicted molar refractivity (Wildman–Crippen MR) is 97.2 cm³/mol. The van der Waals surface area contributed by atoms with E-state index < -0.39 is 9.84 Å². The topological polar surface area (TPSA) is 92.9 Å². The number of anilines is 1. The standard InChI is InChI=1S/C18H22N2O4S/c1-24-18-7-6-12(8-17(18)21)16(11-25(2,22)23)20-9-13-4-3-5-15(19)14(13)10-20/h3-8,16,21H,9-11,19H2,1-2H3. The molecule has 25 heavy (non-hydrogen) atoms. The van der Waals surface area contributed by atoms with Crippen LogP contribution in [0.15, 0.2) is 36.4 Å². The summed E-state index contributed by atoms with van der Waals surface area (Å²) >= 11 is 0. The van der Waals surface area contributed by atoms with Crippen molar-refractivity contribution >= 4 is 15.5 Å². The van der Waals surface area contributed by atoms with Crippen LogP contribution in [0.25, 0.3) is 0 Å². The fourth-order valence-electron chi connectivity index (χ4n) is 3.31. The number of rotatable bonds is 5. The molecular weight excluding hydrogens is 340 g/mol. The van der Waals surface area contributed by atoms with Gasteiger partial charge in [-0.3, -0.25) is 4.90 Å². The lowest BCUT2D eigenvalue weighted by Crippen LogP contribution is -2.29. The molecular formula is C18H22N2O4S. The number of benzene rings is 2. The van der Waals surface area contributed by atoms with Crippen molar-refractivity contribution in [1.82, 2.24) is 4.90 Å². The second-order valence-electron chi connectivity index (χ2n) is 6.43. The number of hydrogen-bond donors (Lipinski definition) is 2. The maximum Gasteiger partial charge on any atom is 0.160 e. The van der Waals surface area contributed by atoms with Gasteiger partial charge in [0.1, 0.15) is 9.84 Å². The Morgan fingerprint density at radius 3 is 2.64 bits per heavy atom. The fraction of sp³-hybridized carbons (Fsp3) is 0.333. The van der Waals surface area contributed by atoms with E-state index in [4.69, 9.17) is 10.5 Å². The van der Waals surface area contributed by atoms with E-state index in [0.717, 1.165) is 22.4 Å². The molecule has 0 radical (unpaired) electrons. The van der Waals surface area contributed by atoms with Crippen molar-refractivity contribution < 1.29 is 18.3 Å². The average Bonchev–Trinajstić information content (AvgIpc) is 2.97. The van der Waals surface area contributed by atoms with E-state index in [1.807, 2.05) is 18.2 Å². The molecule has 3 rings (SSSR count). The molecule has 6 nitrogen and oxygen atoms in total. The summed E-state index contributed by atoms with van der Waals surface area (Å²) in [6.07, 6.45) is 1.22. The molecule has 2 aromatic rings. The van der Waals surface area contributed by atoms with E-state index in [2.05, 4.69) is 4.90 Å². The van der Waals surface area contributed by atoms with Gasteiger partial charge in [0.25, 0.3) is 0 Å².